The van der Waals surface area contributed by atoms with Crippen LogP contribution in [0.15, 0.2) is 6.07 Å². The third-order valence-corrected chi connectivity index (χ3v) is 5.58. The summed E-state index contributed by atoms with van der Waals surface area (Å²) in [7, 11) is 0. The average Bonchev–Trinajstić information content (AvgIpc) is 2.85. The van der Waals surface area contributed by atoms with Crippen LogP contribution in [-0.4, -0.2) is 35.1 Å². The number of hydrogen-bond acceptors (Lipinski definition) is 3. The molecule has 1 aromatic rings. The van der Waals surface area contributed by atoms with Gasteiger partial charge >= 0.3 is 0 Å². The Morgan fingerprint density at radius 3 is 2.95 bits per heavy atom. The highest BCUT2D eigenvalue weighted by molar-refractivity contribution is 7.14. The van der Waals surface area contributed by atoms with Gasteiger partial charge in [-0.25, -0.2) is 0 Å². The van der Waals surface area contributed by atoms with Crippen molar-refractivity contribution in [1.82, 2.24) is 4.90 Å². The maximum Gasteiger partial charge on any atom is 0.263 e. The Labute approximate surface area is 118 Å². The Bertz CT molecular complexity index is 459. The monoisotopic (exact) mass is 279 g/mol. The number of carbonyl (C=O) groups is 1. The molecule has 3 rings (SSSR count). The van der Waals surface area contributed by atoms with Crippen LogP contribution in [0.2, 0.25) is 0 Å². The molecule has 1 N–H and O–H groups in total. The maximum atomic E-state index is 12.5. The van der Waals surface area contributed by atoms with Crippen LogP contribution < -0.4 is 0 Å². The molecule has 1 amide bonds. The lowest BCUT2D eigenvalue weighted by Crippen LogP contribution is -2.44. The Kier molecular flexibility index (Phi) is 3.63. The molecule has 0 radical (unpaired) electrons. The van der Waals surface area contributed by atoms with Gasteiger partial charge in [0.25, 0.3) is 5.91 Å². The molecular weight excluding hydrogens is 258 g/mol. The first kappa shape index (κ1) is 13.1. The van der Waals surface area contributed by atoms with E-state index >= 15 is 0 Å². The van der Waals surface area contributed by atoms with E-state index < -0.39 is 0 Å². The Balaban J connectivity index is 1.75. The topological polar surface area (TPSA) is 40.5 Å². The van der Waals surface area contributed by atoms with Crippen molar-refractivity contribution in [3.05, 3.63) is 21.4 Å². The van der Waals surface area contributed by atoms with E-state index in [4.69, 9.17) is 0 Å². The largest absolute Gasteiger partial charge is 0.393 e. The molecular formula is C15H21NO2S. The molecule has 19 heavy (non-hydrogen) atoms. The fourth-order valence-corrected chi connectivity index (χ4v) is 4.29. The van der Waals surface area contributed by atoms with Crippen LogP contribution in [0.3, 0.4) is 0 Å². The number of likely N-dealkylation sites (tertiary alicyclic amines) is 1. The van der Waals surface area contributed by atoms with Crippen LogP contribution in [0, 0.1) is 5.92 Å². The summed E-state index contributed by atoms with van der Waals surface area (Å²) in [4.78, 5) is 16.8. The van der Waals surface area contributed by atoms with Crippen LogP contribution in [0.25, 0.3) is 0 Å². The molecule has 3 nitrogen and oxygen atoms in total. The number of thiophene rings is 1. The number of fused-ring (bicyclic) bond motifs is 1. The van der Waals surface area contributed by atoms with E-state index in [2.05, 4.69) is 6.07 Å². The van der Waals surface area contributed by atoms with Crippen molar-refractivity contribution < 1.29 is 9.90 Å². The van der Waals surface area contributed by atoms with Gasteiger partial charge in [-0.1, -0.05) is 6.92 Å². The van der Waals surface area contributed by atoms with E-state index in [1.807, 2.05) is 11.8 Å². The number of piperidine rings is 1. The second-order valence-corrected chi connectivity index (χ2v) is 6.99. The van der Waals surface area contributed by atoms with Crippen LogP contribution in [-0.2, 0) is 12.8 Å². The van der Waals surface area contributed by atoms with Crippen molar-refractivity contribution in [2.75, 3.05) is 13.1 Å². The number of aliphatic hydroxyl groups is 1. The number of carbonyl (C=O) groups excluding carboxylic acids is 1. The maximum absolute atomic E-state index is 12.5. The van der Waals surface area contributed by atoms with Crippen LogP contribution in [0.4, 0.5) is 0 Å². The summed E-state index contributed by atoms with van der Waals surface area (Å²) in [6.45, 7) is 3.39. The number of aryl methyl sites for hydroxylation is 2. The van der Waals surface area contributed by atoms with Gasteiger partial charge < -0.3 is 10.0 Å². The lowest BCUT2D eigenvalue weighted by molar-refractivity contribution is 0.0300. The molecule has 2 atom stereocenters. The fraction of sp³-hybridized carbons (Fsp3) is 0.667. The van der Waals surface area contributed by atoms with Gasteiger partial charge in [0.2, 0.25) is 0 Å². The van der Waals surface area contributed by atoms with Crippen molar-refractivity contribution in [2.45, 2.75) is 45.1 Å². The van der Waals surface area contributed by atoms with E-state index in [0.29, 0.717) is 19.5 Å². The smallest absolute Gasteiger partial charge is 0.263 e. The molecule has 0 bridgehead atoms. The quantitative estimate of drug-likeness (QED) is 0.858. The Hall–Kier alpha value is -0.870. The molecule has 2 unspecified atom stereocenters. The molecule has 0 aromatic carbocycles. The van der Waals surface area contributed by atoms with Gasteiger partial charge in [-0.05, 0) is 49.7 Å². The molecule has 0 spiro atoms. The summed E-state index contributed by atoms with van der Waals surface area (Å²) >= 11 is 1.69. The van der Waals surface area contributed by atoms with E-state index in [1.54, 1.807) is 11.3 Å². The molecule has 4 heteroatoms. The average molecular weight is 279 g/mol. The summed E-state index contributed by atoms with van der Waals surface area (Å²) in [6.07, 6.45) is 5.24. The van der Waals surface area contributed by atoms with Gasteiger partial charge in [-0.3, -0.25) is 4.79 Å². The van der Waals surface area contributed by atoms with E-state index in [0.717, 1.165) is 17.7 Å². The van der Waals surface area contributed by atoms with E-state index in [1.165, 1.54) is 23.3 Å². The zero-order chi connectivity index (χ0) is 13.4. The molecule has 2 aliphatic rings. The summed E-state index contributed by atoms with van der Waals surface area (Å²) in [5.74, 6) is 0.352. The van der Waals surface area contributed by atoms with Crippen molar-refractivity contribution in [2.24, 2.45) is 5.92 Å². The first-order chi connectivity index (χ1) is 9.15. The first-order valence-corrected chi connectivity index (χ1v) is 8.05. The highest BCUT2D eigenvalue weighted by atomic mass is 32.1. The Morgan fingerprint density at radius 2 is 2.21 bits per heavy atom. The molecule has 1 aliphatic carbocycles. The number of hydrogen-bond donors (Lipinski definition) is 1. The minimum absolute atomic E-state index is 0.165. The number of nitrogens with zero attached hydrogens (tertiary/aromatic N) is 1. The molecule has 0 saturated carbocycles. The third-order valence-electron chi connectivity index (χ3n) is 4.35. The molecule has 2 heterocycles. The Morgan fingerprint density at radius 1 is 1.42 bits per heavy atom. The number of rotatable bonds is 1. The zero-order valence-corrected chi connectivity index (χ0v) is 12.2. The van der Waals surface area contributed by atoms with E-state index in [-0.39, 0.29) is 17.9 Å². The van der Waals surface area contributed by atoms with Gasteiger partial charge in [0.1, 0.15) is 0 Å². The van der Waals surface area contributed by atoms with Crippen molar-refractivity contribution >= 4 is 17.2 Å². The summed E-state index contributed by atoms with van der Waals surface area (Å²) in [5, 5.41) is 9.75. The second kappa shape index (κ2) is 5.25. The van der Waals surface area contributed by atoms with Crippen molar-refractivity contribution in [3.8, 4) is 0 Å². The summed E-state index contributed by atoms with van der Waals surface area (Å²) in [5.41, 5.74) is 1.39. The molecule has 104 valence electrons. The van der Waals surface area contributed by atoms with Crippen molar-refractivity contribution in [3.63, 3.8) is 0 Å². The van der Waals surface area contributed by atoms with Crippen LogP contribution in [0.5, 0.6) is 0 Å². The zero-order valence-electron chi connectivity index (χ0n) is 11.4. The second-order valence-electron chi connectivity index (χ2n) is 5.85. The molecule has 1 aromatic heterocycles. The molecule has 1 saturated heterocycles. The minimum Gasteiger partial charge on any atom is -0.393 e. The standard InChI is InChI=1S/C15H21NO2S/c1-10-9-16(7-6-12(10)17)15(18)14-8-11-4-2-3-5-13(11)19-14/h8,10,12,17H,2-7,9H2,1H3. The predicted octanol–water partition coefficient (Wildman–Crippen LogP) is 2.47. The number of amides is 1. The minimum atomic E-state index is -0.249. The number of aliphatic hydroxyl groups excluding tert-OH is 1. The summed E-state index contributed by atoms with van der Waals surface area (Å²) < 4.78 is 0. The lowest BCUT2D eigenvalue weighted by atomic mass is 9.96. The van der Waals surface area contributed by atoms with Gasteiger partial charge in [-0.15, -0.1) is 11.3 Å². The van der Waals surface area contributed by atoms with Gasteiger partial charge in [0.05, 0.1) is 11.0 Å². The van der Waals surface area contributed by atoms with Crippen LogP contribution in [0.1, 0.15) is 46.3 Å². The SMILES string of the molecule is CC1CN(C(=O)c2cc3c(s2)CCCC3)CCC1O. The van der Waals surface area contributed by atoms with Crippen molar-refractivity contribution in [1.29, 1.82) is 0 Å². The normalized spacial score (nSPS) is 27.2. The van der Waals surface area contributed by atoms with E-state index in [9.17, 15) is 9.90 Å². The van der Waals surface area contributed by atoms with Gasteiger partial charge in [0, 0.05) is 18.0 Å². The van der Waals surface area contributed by atoms with Gasteiger partial charge in [0.15, 0.2) is 0 Å². The summed E-state index contributed by atoms with van der Waals surface area (Å²) in [6, 6.07) is 2.11. The van der Waals surface area contributed by atoms with Gasteiger partial charge in [-0.2, -0.15) is 0 Å². The first-order valence-electron chi connectivity index (χ1n) is 7.24. The third kappa shape index (κ3) is 2.56. The molecule has 1 fully saturated rings. The fourth-order valence-electron chi connectivity index (χ4n) is 3.07. The predicted molar refractivity (Wildman–Crippen MR) is 76.7 cm³/mol. The highest BCUT2D eigenvalue weighted by Gasteiger charge is 2.29. The lowest BCUT2D eigenvalue weighted by Gasteiger charge is -2.34. The highest BCUT2D eigenvalue weighted by Crippen LogP contribution is 2.31. The van der Waals surface area contributed by atoms with Crippen LogP contribution >= 0.6 is 11.3 Å². The molecule has 1 aliphatic heterocycles.